The molecule has 1 aromatic rings. The van der Waals surface area contributed by atoms with Gasteiger partial charge in [0, 0.05) is 50.9 Å². The summed E-state index contributed by atoms with van der Waals surface area (Å²) < 4.78 is 0. The van der Waals surface area contributed by atoms with Gasteiger partial charge in [0.1, 0.15) is 0 Å². The summed E-state index contributed by atoms with van der Waals surface area (Å²) in [5, 5.41) is 0. The monoisotopic (exact) mass is 275 g/mol. The van der Waals surface area contributed by atoms with Gasteiger partial charge >= 0.3 is 0 Å². The Bertz CT molecular complexity index is 516. The van der Waals surface area contributed by atoms with E-state index in [1.54, 1.807) is 30.3 Å². The molecule has 5 nitrogen and oxygen atoms in total. The molecule has 5 heteroatoms. The van der Waals surface area contributed by atoms with Crippen LogP contribution < -0.4 is 0 Å². The minimum absolute atomic E-state index is 0.0296. The molecule has 0 spiro atoms. The van der Waals surface area contributed by atoms with Gasteiger partial charge in [-0.3, -0.25) is 14.6 Å². The molecule has 2 rings (SSSR count). The lowest BCUT2D eigenvalue weighted by Gasteiger charge is -2.21. The first kappa shape index (κ1) is 14.5. The van der Waals surface area contributed by atoms with E-state index in [4.69, 9.17) is 0 Å². The summed E-state index contributed by atoms with van der Waals surface area (Å²) >= 11 is 0. The van der Waals surface area contributed by atoms with E-state index in [1.165, 1.54) is 0 Å². The molecule has 2 amide bonds. The van der Waals surface area contributed by atoms with Crippen molar-refractivity contribution in [1.29, 1.82) is 0 Å². The molecule has 1 aliphatic heterocycles. The number of amides is 2. The highest BCUT2D eigenvalue weighted by Gasteiger charge is 2.30. The predicted octanol–water partition coefficient (Wildman–Crippen LogP) is 1.33. The molecule has 1 aromatic heterocycles. The lowest BCUT2D eigenvalue weighted by atomic mass is 10.1. The van der Waals surface area contributed by atoms with Crippen LogP contribution in [0.5, 0.6) is 0 Å². The molecule has 0 N–H and O–H groups in total. The van der Waals surface area contributed by atoms with Crippen molar-refractivity contribution in [2.45, 2.75) is 20.3 Å². The molecule has 0 bridgehead atoms. The SMILES string of the molecule is CCN1CC(CN(C)C(=O)c2cccnc2C)CC1=O. The summed E-state index contributed by atoms with van der Waals surface area (Å²) in [6, 6.07) is 3.56. The first-order valence-corrected chi connectivity index (χ1v) is 6.97. The molecule has 2 heterocycles. The van der Waals surface area contributed by atoms with Gasteiger partial charge in [0.15, 0.2) is 0 Å². The number of carbonyl (C=O) groups excluding carboxylic acids is 2. The van der Waals surface area contributed by atoms with Crippen LogP contribution in [0.15, 0.2) is 18.3 Å². The maximum absolute atomic E-state index is 12.4. The number of aryl methyl sites for hydroxylation is 1. The first-order valence-electron chi connectivity index (χ1n) is 6.97. The van der Waals surface area contributed by atoms with Gasteiger partial charge in [0.05, 0.1) is 5.56 Å². The number of hydrogen-bond acceptors (Lipinski definition) is 3. The zero-order chi connectivity index (χ0) is 14.7. The molecule has 1 atom stereocenters. The molecule has 0 aromatic carbocycles. The van der Waals surface area contributed by atoms with E-state index in [0.717, 1.165) is 18.8 Å². The normalized spacial score (nSPS) is 18.4. The summed E-state index contributed by atoms with van der Waals surface area (Å²) in [7, 11) is 1.79. The van der Waals surface area contributed by atoms with Gasteiger partial charge < -0.3 is 9.80 Å². The highest BCUT2D eigenvalue weighted by molar-refractivity contribution is 5.95. The minimum Gasteiger partial charge on any atom is -0.343 e. The standard InChI is InChI=1S/C15H21N3O2/c1-4-18-10-12(8-14(18)19)9-17(3)15(20)13-6-5-7-16-11(13)2/h5-7,12H,4,8-10H2,1-3H3. The molecule has 108 valence electrons. The van der Waals surface area contributed by atoms with Crippen LogP contribution in [0.1, 0.15) is 29.4 Å². The molecular weight excluding hydrogens is 254 g/mol. The van der Waals surface area contributed by atoms with Crippen LogP contribution in [-0.2, 0) is 4.79 Å². The number of hydrogen-bond donors (Lipinski definition) is 0. The van der Waals surface area contributed by atoms with Crippen LogP contribution >= 0.6 is 0 Å². The van der Waals surface area contributed by atoms with Crippen LogP contribution in [0.3, 0.4) is 0 Å². The van der Waals surface area contributed by atoms with Crippen LogP contribution in [0.4, 0.5) is 0 Å². The van der Waals surface area contributed by atoms with Crippen molar-refractivity contribution in [2.24, 2.45) is 5.92 Å². The molecule has 0 aliphatic carbocycles. The van der Waals surface area contributed by atoms with Crippen molar-refractivity contribution in [3.63, 3.8) is 0 Å². The average Bonchev–Trinajstić information content (AvgIpc) is 2.78. The molecule has 1 unspecified atom stereocenters. The molecular formula is C15H21N3O2. The minimum atomic E-state index is -0.0296. The van der Waals surface area contributed by atoms with Crippen molar-refractivity contribution in [1.82, 2.24) is 14.8 Å². The predicted molar refractivity (Wildman–Crippen MR) is 76.3 cm³/mol. The van der Waals surface area contributed by atoms with E-state index in [1.807, 2.05) is 18.7 Å². The average molecular weight is 275 g/mol. The third-order valence-corrected chi connectivity index (χ3v) is 3.79. The second-order valence-corrected chi connectivity index (χ2v) is 5.32. The zero-order valence-electron chi connectivity index (χ0n) is 12.3. The van der Waals surface area contributed by atoms with Gasteiger partial charge in [-0.2, -0.15) is 0 Å². The second-order valence-electron chi connectivity index (χ2n) is 5.32. The Hall–Kier alpha value is -1.91. The third-order valence-electron chi connectivity index (χ3n) is 3.79. The lowest BCUT2D eigenvalue weighted by molar-refractivity contribution is -0.127. The smallest absolute Gasteiger partial charge is 0.255 e. The van der Waals surface area contributed by atoms with Crippen molar-refractivity contribution < 1.29 is 9.59 Å². The second kappa shape index (κ2) is 6.03. The number of pyridine rings is 1. The van der Waals surface area contributed by atoms with Crippen molar-refractivity contribution in [2.75, 3.05) is 26.7 Å². The van der Waals surface area contributed by atoms with Gasteiger partial charge in [-0.15, -0.1) is 0 Å². The Balaban J connectivity index is 1.99. The molecule has 20 heavy (non-hydrogen) atoms. The van der Waals surface area contributed by atoms with Gasteiger partial charge in [0.25, 0.3) is 5.91 Å². The third kappa shape index (κ3) is 2.98. The van der Waals surface area contributed by atoms with E-state index in [2.05, 4.69) is 4.98 Å². The largest absolute Gasteiger partial charge is 0.343 e. The highest BCUT2D eigenvalue weighted by Crippen LogP contribution is 2.19. The van der Waals surface area contributed by atoms with Gasteiger partial charge in [-0.25, -0.2) is 0 Å². The molecule has 1 saturated heterocycles. The van der Waals surface area contributed by atoms with E-state index in [0.29, 0.717) is 18.5 Å². The van der Waals surface area contributed by atoms with Gasteiger partial charge in [-0.05, 0) is 26.0 Å². The Kier molecular flexibility index (Phi) is 4.37. The number of nitrogens with zero attached hydrogens (tertiary/aromatic N) is 3. The molecule has 0 radical (unpaired) electrons. The summed E-state index contributed by atoms with van der Waals surface area (Å²) in [5.74, 6) is 0.391. The van der Waals surface area contributed by atoms with Crippen LogP contribution in [0, 0.1) is 12.8 Å². The van der Waals surface area contributed by atoms with Gasteiger partial charge in [0.2, 0.25) is 5.91 Å². The molecule has 1 fully saturated rings. The number of carbonyl (C=O) groups is 2. The quantitative estimate of drug-likeness (QED) is 0.833. The van der Waals surface area contributed by atoms with Crippen LogP contribution in [-0.4, -0.2) is 53.3 Å². The Morgan fingerprint density at radius 2 is 2.30 bits per heavy atom. The Morgan fingerprint density at radius 1 is 1.55 bits per heavy atom. The summed E-state index contributed by atoms with van der Waals surface area (Å²) in [6.45, 7) is 5.91. The Labute approximate surface area is 119 Å². The van der Waals surface area contributed by atoms with Crippen molar-refractivity contribution in [3.05, 3.63) is 29.6 Å². The highest BCUT2D eigenvalue weighted by atomic mass is 16.2. The lowest BCUT2D eigenvalue weighted by Crippen LogP contribution is -2.33. The van der Waals surface area contributed by atoms with E-state index in [9.17, 15) is 9.59 Å². The molecule has 1 aliphatic rings. The number of rotatable bonds is 4. The van der Waals surface area contributed by atoms with Crippen LogP contribution in [0.25, 0.3) is 0 Å². The fraction of sp³-hybridized carbons (Fsp3) is 0.533. The summed E-state index contributed by atoms with van der Waals surface area (Å²) in [5.41, 5.74) is 1.37. The summed E-state index contributed by atoms with van der Waals surface area (Å²) in [4.78, 5) is 31.8. The molecule has 0 saturated carbocycles. The van der Waals surface area contributed by atoms with Crippen molar-refractivity contribution in [3.8, 4) is 0 Å². The maximum Gasteiger partial charge on any atom is 0.255 e. The fourth-order valence-electron chi connectivity index (χ4n) is 2.67. The van der Waals surface area contributed by atoms with Gasteiger partial charge in [-0.1, -0.05) is 0 Å². The zero-order valence-corrected chi connectivity index (χ0v) is 12.3. The van der Waals surface area contributed by atoms with Crippen LogP contribution in [0.2, 0.25) is 0 Å². The first-order chi connectivity index (χ1) is 9.52. The fourth-order valence-corrected chi connectivity index (χ4v) is 2.67. The number of likely N-dealkylation sites (tertiary alicyclic amines) is 1. The maximum atomic E-state index is 12.4. The summed E-state index contributed by atoms with van der Waals surface area (Å²) in [6.07, 6.45) is 2.22. The number of aromatic nitrogens is 1. The van der Waals surface area contributed by atoms with E-state index < -0.39 is 0 Å². The van der Waals surface area contributed by atoms with Crippen molar-refractivity contribution >= 4 is 11.8 Å². The van der Waals surface area contributed by atoms with E-state index >= 15 is 0 Å². The topological polar surface area (TPSA) is 53.5 Å². The Morgan fingerprint density at radius 3 is 2.90 bits per heavy atom. The van der Waals surface area contributed by atoms with E-state index in [-0.39, 0.29) is 17.7 Å².